The number of nitrogens with zero attached hydrogens (tertiary/aromatic N) is 1. The van der Waals surface area contributed by atoms with Gasteiger partial charge >= 0.3 is 5.97 Å². The van der Waals surface area contributed by atoms with Crippen molar-refractivity contribution < 1.29 is 35.9 Å². The number of sulfone groups is 2. The second-order valence-electron chi connectivity index (χ2n) is 12.0. The number of halogens is 2. The molecule has 0 unspecified atom stereocenters. The van der Waals surface area contributed by atoms with Gasteiger partial charge in [-0.15, -0.1) is 11.3 Å². The number of benzene rings is 4. The number of aldehydes is 1. The summed E-state index contributed by atoms with van der Waals surface area (Å²) in [7, 11) is -6.50. The zero-order valence-electron chi connectivity index (χ0n) is 26.7. The summed E-state index contributed by atoms with van der Waals surface area (Å²) in [4.78, 5) is 22.5. The number of aliphatic carboxylic acids is 1. The zero-order chi connectivity index (χ0) is 35.8. The van der Waals surface area contributed by atoms with E-state index in [1.54, 1.807) is 47.1 Å². The Morgan fingerprint density at radius 3 is 2.26 bits per heavy atom. The van der Waals surface area contributed by atoms with Gasteiger partial charge in [0.15, 0.2) is 26.0 Å². The Morgan fingerprint density at radius 1 is 0.920 bits per heavy atom. The molecule has 0 radical (unpaired) electrons. The minimum atomic E-state index is -3.32. The lowest BCUT2D eigenvalue weighted by molar-refractivity contribution is -0.137. The summed E-state index contributed by atoms with van der Waals surface area (Å²) < 4.78 is 65.9. The van der Waals surface area contributed by atoms with Crippen LogP contribution in [0.3, 0.4) is 0 Å². The molecular formula is C37H31BrFNO7S3. The van der Waals surface area contributed by atoms with Gasteiger partial charge in [-0.2, -0.15) is 0 Å². The molecule has 0 saturated heterocycles. The molecule has 4 heterocycles. The van der Waals surface area contributed by atoms with Gasteiger partial charge in [0.1, 0.15) is 12.4 Å². The first-order valence-corrected chi connectivity index (χ1v) is 20.5. The van der Waals surface area contributed by atoms with E-state index in [1.165, 1.54) is 32.8 Å². The number of carboxylic acid groups (broad SMARTS) is 1. The molecule has 8 rings (SSSR count). The van der Waals surface area contributed by atoms with Crippen molar-refractivity contribution in [2.45, 2.75) is 42.5 Å². The highest BCUT2D eigenvalue weighted by molar-refractivity contribution is 9.10. The van der Waals surface area contributed by atoms with Crippen LogP contribution in [0.1, 0.15) is 38.3 Å². The summed E-state index contributed by atoms with van der Waals surface area (Å²) in [6.45, 7) is 1.55. The standard InChI is InChI=1S/C20H18FNO4S.C9H8O3S.C8H5BrS/c1-12-16(9-14-4-2-3-13-7-8-27(25,26)20(13)14)17-10-15(21)5-6-18(17)22(12)11-19(23)24;10-6-8-3-1-2-7-4-5-13(11,12)9(7)8;9-7-3-1-2-6-4-5-10-8(6)7/h2-6,10H,7-9,11H2,1H3,(H,23,24);1-3,6H,4-5H2;1-5H. The first kappa shape index (κ1) is 35.6. The van der Waals surface area contributed by atoms with Crippen LogP contribution in [0, 0.1) is 12.7 Å². The topological polar surface area (TPSA) is 128 Å². The van der Waals surface area contributed by atoms with E-state index in [1.807, 2.05) is 12.1 Å². The average molecular weight is 797 g/mol. The second kappa shape index (κ2) is 14.2. The van der Waals surface area contributed by atoms with Crippen LogP contribution in [0.2, 0.25) is 0 Å². The number of carboxylic acids is 1. The van der Waals surface area contributed by atoms with Gasteiger partial charge in [-0.3, -0.25) is 9.59 Å². The van der Waals surface area contributed by atoms with E-state index in [0.29, 0.717) is 52.6 Å². The van der Waals surface area contributed by atoms with E-state index in [-0.39, 0.29) is 28.5 Å². The smallest absolute Gasteiger partial charge is 0.323 e. The van der Waals surface area contributed by atoms with Gasteiger partial charge in [-0.1, -0.05) is 48.5 Å². The third-order valence-corrected chi connectivity index (χ3v) is 14.5. The first-order valence-electron chi connectivity index (χ1n) is 15.5. The highest BCUT2D eigenvalue weighted by Crippen LogP contribution is 2.35. The van der Waals surface area contributed by atoms with E-state index in [2.05, 4.69) is 45.6 Å². The molecule has 0 atom stereocenters. The van der Waals surface area contributed by atoms with Crippen LogP contribution in [0.5, 0.6) is 0 Å². The van der Waals surface area contributed by atoms with Gasteiger partial charge < -0.3 is 9.67 Å². The Bertz CT molecular complexity index is 2520. The number of fused-ring (bicyclic) bond motifs is 4. The van der Waals surface area contributed by atoms with Crippen LogP contribution in [0.15, 0.2) is 98.5 Å². The summed E-state index contributed by atoms with van der Waals surface area (Å²) in [5.41, 5.74) is 4.62. The predicted molar refractivity (Wildman–Crippen MR) is 196 cm³/mol. The van der Waals surface area contributed by atoms with Crippen molar-refractivity contribution in [2.75, 3.05) is 11.5 Å². The summed E-state index contributed by atoms with van der Waals surface area (Å²) in [6.07, 6.45) is 1.93. The lowest BCUT2D eigenvalue weighted by Crippen LogP contribution is -2.10. The van der Waals surface area contributed by atoms with Crippen LogP contribution in [0.4, 0.5) is 4.39 Å². The van der Waals surface area contributed by atoms with Crippen molar-refractivity contribution >= 4 is 80.2 Å². The van der Waals surface area contributed by atoms with Crippen LogP contribution in [-0.4, -0.2) is 50.3 Å². The fraction of sp³-hybridized carbons (Fsp3) is 0.189. The molecule has 2 aliphatic heterocycles. The number of aryl methyl sites for hydroxylation is 2. The Kier molecular flexibility index (Phi) is 10.1. The fourth-order valence-electron chi connectivity index (χ4n) is 6.57. The number of rotatable bonds is 5. The largest absolute Gasteiger partial charge is 0.480 e. The minimum Gasteiger partial charge on any atom is -0.480 e. The molecule has 2 aromatic heterocycles. The van der Waals surface area contributed by atoms with Crippen molar-refractivity contribution in [3.05, 3.63) is 128 Å². The maximum atomic E-state index is 13.9. The molecule has 0 saturated carbocycles. The molecule has 50 heavy (non-hydrogen) atoms. The van der Waals surface area contributed by atoms with Crippen molar-refractivity contribution in [2.24, 2.45) is 0 Å². The molecular weight excluding hydrogens is 766 g/mol. The molecule has 0 bridgehead atoms. The molecule has 8 nitrogen and oxygen atoms in total. The maximum absolute atomic E-state index is 13.9. The summed E-state index contributed by atoms with van der Waals surface area (Å²) in [5, 5.41) is 13.3. The van der Waals surface area contributed by atoms with E-state index in [4.69, 9.17) is 0 Å². The van der Waals surface area contributed by atoms with Gasteiger partial charge in [0, 0.05) is 37.8 Å². The molecule has 0 aliphatic carbocycles. The van der Waals surface area contributed by atoms with Crippen LogP contribution >= 0.6 is 27.3 Å². The Hall–Kier alpha value is -4.17. The zero-order valence-corrected chi connectivity index (χ0v) is 30.8. The quantitative estimate of drug-likeness (QED) is 0.178. The number of hydrogen-bond acceptors (Lipinski definition) is 7. The molecule has 0 amide bonds. The fourth-order valence-corrected chi connectivity index (χ4v) is 11.6. The molecule has 2 aliphatic rings. The number of aromatic nitrogens is 1. The van der Waals surface area contributed by atoms with Crippen LogP contribution in [-0.2, 0) is 50.3 Å². The molecule has 0 spiro atoms. The highest BCUT2D eigenvalue weighted by atomic mass is 79.9. The van der Waals surface area contributed by atoms with Gasteiger partial charge in [0.05, 0.1) is 21.3 Å². The monoisotopic (exact) mass is 795 g/mol. The lowest BCUT2D eigenvalue weighted by Gasteiger charge is -2.09. The van der Waals surface area contributed by atoms with E-state index < -0.39 is 31.5 Å². The minimum absolute atomic E-state index is 0.105. The Balaban J connectivity index is 0.000000154. The third kappa shape index (κ3) is 7.05. The van der Waals surface area contributed by atoms with Gasteiger partial charge in [0.2, 0.25) is 0 Å². The summed E-state index contributed by atoms with van der Waals surface area (Å²) in [5.74, 6) is -1.17. The predicted octanol–water partition coefficient (Wildman–Crippen LogP) is 7.59. The number of carbonyl (C=O) groups is 2. The number of thiophene rings is 1. The molecule has 13 heteroatoms. The van der Waals surface area contributed by atoms with Crippen molar-refractivity contribution in [3.63, 3.8) is 0 Å². The molecule has 6 aromatic rings. The van der Waals surface area contributed by atoms with Crippen molar-refractivity contribution in [3.8, 4) is 0 Å². The van der Waals surface area contributed by atoms with Gasteiger partial charge in [-0.05, 0) is 99.0 Å². The lowest BCUT2D eigenvalue weighted by atomic mass is 9.99. The molecule has 4 aromatic carbocycles. The average Bonchev–Trinajstić information content (AvgIpc) is 3.83. The molecule has 0 fully saturated rings. The van der Waals surface area contributed by atoms with Crippen LogP contribution in [0.25, 0.3) is 21.0 Å². The van der Waals surface area contributed by atoms with E-state index >= 15 is 0 Å². The summed E-state index contributed by atoms with van der Waals surface area (Å²) >= 11 is 5.25. The Labute approximate surface area is 301 Å². The van der Waals surface area contributed by atoms with E-state index in [0.717, 1.165) is 16.7 Å². The Morgan fingerprint density at radius 2 is 1.58 bits per heavy atom. The molecule has 258 valence electrons. The SMILES string of the molecule is Brc1cccc2ccsc12.Cc1c(Cc2cccc3c2S(=O)(=O)CC3)c2cc(F)ccc2n1CC(=O)O.O=Cc1cccc2c1S(=O)(=O)CC2. The summed E-state index contributed by atoms with van der Waals surface area (Å²) in [6, 6.07) is 23.1. The van der Waals surface area contributed by atoms with Crippen molar-refractivity contribution in [1.29, 1.82) is 0 Å². The van der Waals surface area contributed by atoms with Gasteiger partial charge in [0.25, 0.3) is 0 Å². The first-order chi connectivity index (χ1) is 23.8. The van der Waals surface area contributed by atoms with E-state index in [9.17, 15) is 35.9 Å². The van der Waals surface area contributed by atoms with Gasteiger partial charge in [-0.25, -0.2) is 21.2 Å². The number of carbonyl (C=O) groups excluding carboxylic acids is 1. The highest BCUT2D eigenvalue weighted by Gasteiger charge is 2.30. The molecule has 1 N–H and O–H groups in total. The van der Waals surface area contributed by atoms with Crippen molar-refractivity contribution in [1.82, 2.24) is 4.57 Å². The second-order valence-corrected chi connectivity index (χ2v) is 17.8. The normalized spacial score (nSPS) is 15.0. The third-order valence-electron chi connectivity index (χ3n) is 8.84. The van der Waals surface area contributed by atoms with Crippen LogP contribution < -0.4 is 0 Å². The maximum Gasteiger partial charge on any atom is 0.323 e. The number of hydrogen-bond donors (Lipinski definition) is 1.